The summed E-state index contributed by atoms with van der Waals surface area (Å²) in [5, 5.41) is 8.63. The molecule has 0 aromatic carbocycles. The molecule has 0 aromatic rings. The van der Waals surface area contributed by atoms with Crippen LogP contribution in [0.3, 0.4) is 0 Å². The zero-order valence-electron chi connectivity index (χ0n) is 9.41. The molecule has 0 heterocycles. The maximum atomic E-state index is 8.63. The Morgan fingerprint density at radius 3 is 1.93 bits per heavy atom. The van der Waals surface area contributed by atoms with Crippen molar-refractivity contribution in [2.75, 3.05) is 26.4 Å². The van der Waals surface area contributed by atoms with Crippen LogP contribution in [0.15, 0.2) is 0 Å². The lowest BCUT2D eigenvalue weighted by molar-refractivity contribution is -0.379. The molecule has 0 spiro atoms. The van der Waals surface area contributed by atoms with Crippen molar-refractivity contribution in [3.8, 4) is 0 Å². The second-order valence-electron chi connectivity index (χ2n) is 2.83. The smallest absolute Gasteiger partial charge is 0.282 e. The molecule has 0 saturated carbocycles. The normalized spacial score (nSPS) is 12.0. The lowest BCUT2D eigenvalue weighted by atomic mass is 10.4. The standard InChI is InChI=1S/C10H22O4/c1-4-10(12-5-2,13-6-3)14-9-7-8-11/h11H,4-9H2,1-3H3. The average Bonchev–Trinajstić information content (AvgIpc) is 2.19. The summed E-state index contributed by atoms with van der Waals surface area (Å²) in [5.74, 6) is -0.918. The van der Waals surface area contributed by atoms with Crippen LogP contribution in [-0.2, 0) is 14.2 Å². The predicted octanol–water partition coefficient (Wildman–Crippen LogP) is 1.52. The Hall–Kier alpha value is -0.160. The summed E-state index contributed by atoms with van der Waals surface area (Å²) in [6.45, 7) is 7.42. The van der Waals surface area contributed by atoms with Crippen LogP contribution in [0.4, 0.5) is 0 Å². The van der Waals surface area contributed by atoms with Crippen molar-refractivity contribution < 1.29 is 19.3 Å². The van der Waals surface area contributed by atoms with Crippen molar-refractivity contribution >= 4 is 0 Å². The molecule has 0 amide bonds. The molecule has 14 heavy (non-hydrogen) atoms. The molecular formula is C10H22O4. The first-order chi connectivity index (χ1) is 6.74. The van der Waals surface area contributed by atoms with Gasteiger partial charge in [0.05, 0.1) is 6.61 Å². The first-order valence-electron chi connectivity index (χ1n) is 5.27. The molecule has 0 unspecified atom stereocenters. The van der Waals surface area contributed by atoms with Crippen LogP contribution in [0.1, 0.15) is 33.6 Å². The molecule has 0 aliphatic carbocycles. The van der Waals surface area contributed by atoms with E-state index in [4.69, 9.17) is 19.3 Å². The highest BCUT2D eigenvalue weighted by atomic mass is 16.9. The number of aliphatic hydroxyl groups excluding tert-OH is 1. The summed E-state index contributed by atoms with van der Waals surface area (Å²) >= 11 is 0. The molecule has 0 aliphatic heterocycles. The molecular weight excluding hydrogens is 184 g/mol. The van der Waals surface area contributed by atoms with Crippen LogP contribution in [0, 0.1) is 0 Å². The first-order valence-corrected chi connectivity index (χ1v) is 5.27. The van der Waals surface area contributed by atoms with Crippen LogP contribution in [0.2, 0.25) is 0 Å². The van der Waals surface area contributed by atoms with Gasteiger partial charge < -0.3 is 19.3 Å². The van der Waals surface area contributed by atoms with Gasteiger partial charge in [0.25, 0.3) is 5.97 Å². The maximum Gasteiger partial charge on any atom is 0.282 e. The Labute approximate surface area is 86.2 Å². The van der Waals surface area contributed by atoms with Gasteiger partial charge in [-0.1, -0.05) is 6.92 Å². The monoisotopic (exact) mass is 206 g/mol. The predicted molar refractivity (Wildman–Crippen MR) is 53.9 cm³/mol. The van der Waals surface area contributed by atoms with E-state index in [2.05, 4.69) is 0 Å². The number of aliphatic hydroxyl groups is 1. The molecule has 4 heteroatoms. The fraction of sp³-hybridized carbons (Fsp3) is 1.00. The lowest BCUT2D eigenvalue weighted by Crippen LogP contribution is -2.39. The van der Waals surface area contributed by atoms with Crippen molar-refractivity contribution in [3.05, 3.63) is 0 Å². The van der Waals surface area contributed by atoms with Crippen molar-refractivity contribution in [3.63, 3.8) is 0 Å². The topological polar surface area (TPSA) is 47.9 Å². The van der Waals surface area contributed by atoms with E-state index in [1.54, 1.807) is 0 Å². The molecule has 0 atom stereocenters. The largest absolute Gasteiger partial charge is 0.396 e. The zero-order chi connectivity index (χ0) is 10.9. The van der Waals surface area contributed by atoms with Crippen LogP contribution in [0.5, 0.6) is 0 Å². The van der Waals surface area contributed by atoms with E-state index in [9.17, 15) is 0 Å². The third kappa shape index (κ3) is 4.91. The van der Waals surface area contributed by atoms with Crippen molar-refractivity contribution in [2.45, 2.75) is 39.6 Å². The van der Waals surface area contributed by atoms with Gasteiger partial charge in [-0.15, -0.1) is 0 Å². The number of rotatable bonds is 9. The van der Waals surface area contributed by atoms with E-state index in [1.807, 2.05) is 20.8 Å². The van der Waals surface area contributed by atoms with E-state index in [0.29, 0.717) is 32.7 Å². The van der Waals surface area contributed by atoms with E-state index in [-0.39, 0.29) is 6.61 Å². The Kier molecular flexibility index (Phi) is 8.08. The van der Waals surface area contributed by atoms with Crippen molar-refractivity contribution in [1.29, 1.82) is 0 Å². The van der Waals surface area contributed by atoms with E-state index in [1.165, 1.54) is 0 Å². The molecule has 86 valence electrons. The van der Waals surface area contributed by atoms with Gasteiger partial charge in [-0.05, 0) is 20.3 Å². The summed E-state index contributed by atoms with van der Waals surface area (Å²) in [5.41, 5.74) is 0. The molecule has 0 aromatic heterocycles. The first kappa shape index (κ1) is 13.8. The van der Waals surface area contributed by atoms with E-state index in [0.717, 1.165) is 0 Å². The summed E-state index contributed by atoms with van der Waals surface area (Å²) in [6.07, 6.45) is 1.24. The molecule has 0 fully saturated rings. The molecule has 4 nitrogen and oxygen atoms in total. The quantitative estimate of drug-likeness (QED) is 0.459. The van der Waals surface area contributed by atoms with Crippen LogP contribution >= 0.6 is 0 Å². The lowest BCUT2D eigenvalue weighted by Gasteiger charge is -2.31. The number of hydrogen-bond acceptors (Lipinski definition) is 4. The van der Waals surface area contributed by atoms with Gasteiger partial charge in [0, 0.05) is 26.2 Å². The molecule has 0 radical (unpaired) electrons. The minimum absolute atomic E-state index is 0.123. The average molecular weight is 206 g/mol. The maximum absolute atomic E-state index is 8.63. The van der Waals surface area contributed by atoms with Gasteiger partial charge >= 0.3 is 0 Å². The van der Waals surface area contributed by atoms with Gasteiger partial charge in [-0.3, -0.25) is 0 Å². The van der Waals surface area contributed by atoms with Crippen LogP contribution in [-0.4, -0.2) is 37.5 Å². The van der Waals surface area contributed by atoms with Crippen LogP contribution < -0.4 is 0 Å². The molecule has 0 bridgehead atoms. The molecule has 0 saturated heterocycles. The second-order valence-corrected chi connectivity index (χ2v) is 2.83. The molecule has 1 N–H and O–H groups in total. The molecule has 0 rings (SSSR count). The number of ether oxygens (including phenoxy) is 3. The highest BCUT2D eigenvalue weighted by Crippen LogP contribution is 2.19. The Balaban J connectivity index is 4.03. The molecule has 0 aliphatic rings. The van der Waals surface area contributed by atoms with E-state index >= 15 is 0 Å². The van der Waals surface area contributed by atoms with Gasteiger partial charge in [-0.2, -0.15) is 0 Å². The van der Waals surface area contributed by atoms with Gasteiger partial charge in [0.2, 0.25) is 0 Å². The zero-order valence-corrected chi connectivity index (χ0v) is 9.41. The van der Waals surface area contributed by atoms with Crippen LogP contribution in [0.25, 0.3) is 0 Å². The summed E-state index contributed by atoms with van der Waals surface area (Å²) in [4.78, 5) is 0. The summed E-state index contributed by atoms with van der Waals surface area (Å²) in [7, 11) is 0. The van der Waals surface area contributed by atoms with Gasteiger partial charge in [0.1, 0.15) is 0 Å². The Morgan fingerprint density at radius 2 is 1.57 bits per heavy atom. The van der Waals surface area contributed by atoms with E-state index < -0.39 is 5.97 Å². The SMILES string of the molecule is CCOC(CC)(OCC)OCCCO. The van der Waals surface area contributed by atoms with Crippen molar-refractivity contribution in [2.24, 2.45) is 0 Å². The minimum Gasteiger partial charge on any atom is -0.396 e. The summed E-state index contributed by atoms with van der Waals surface area (Å²) < 4.78 is 16.4. The Bertz CT molecular complexity index is 121. The highest BCUT2D eigenvalue weighted by Gasteiger charge is 2.30. The summed E-state index contributed by atoms with van der Waals surface area (Å²) in [6, 6.07) is 0. The van der Waals surface area contributed by atoms with Gasteiger partial charge in [0.15, 0.2) is 0 Å². The fourth-order valence-electron chi connectivity index (χ4n) is 1.16. The Morgan fingerprint density at radius 1 is 1.00 bits per heavy atom. The minimum atomic E-state index is -0.918. The fourth-order valence-corrected chi connectivity index (χ4v) is 1.16. The third-order valence-electron chi connectivity index (χ3n) is 1.79. The third-order valence-corrected chi connectivity index (χ3v) is 1.79. The van der Waals surface area contributed by atoms with Gasteiger partial charge in [-0.25, -0.2) is 0 Å². The second kappa shape index (κ2) is 8.17. The van der Waals surface area contributed by atoms with Crippen molar-refractivity contribution in [1.82, 2.24) is 0 Å². The number of hydrogen-bond donors (Lipinski definition) is 1. The highest BCUT2D eigenvalue weighted by molar-refractivity contribution is 4.54.